The summed E-state index contributed by atoms with van der Waals surface area (Å²) >= 11 is 0. The van der Waals surface area contributed by atoms with E-state index in [9.17, 15) is 0 Å². The standard InChI is InChI=1S/C16H21N3/c1-3-4-8-11-17-12-16-13-18-14(2)19(16)15-9-6-5-7-10-15/h3-7,9-10,13,17H,8,11-12H2,1-2H3/b4-3+. The summed E-state index contributed by atoms with van der Waals surface area (Å²) < 4.78 is 2.20. The van der Waals surface area contributed by atoms with Crippen LogP contribution in [0.15, 0.2) is 48.7 Å². The topological polar surface area (TPSA) is 29.9 Å². The van der Waals surface area contributed by atoms with E-state index in [2.05, 4.69) is 51.3 Å². The molecule has 0 spiro atoms. The van der Waals surface area contributed by atoms with Gasteiger partial charge >= 0.3 is 0 Å². The SMILES string of the molecule is C/C=C/CCNCc1cnc(C)n1-c1ccccc1. The van der Waals surface area contributed by atoms with Crippen molar-refractivity contribution in [2.75, 3.05) is 6.54 Å². The lowest BCUT2D eigenvalue weighted by Gasteiger charge is -2.10. The van der Waals surface area contributed by atoms with Crippen molar-refractivity contribution < 1.29 is 0 Å². The quantitative estimate of drug-likeness (QED) is 0.634. The monoisotopic (exact) mass is 255 g/mol. The molecule has 2 rings (SSSR count). The first kappa shape index (κ1) is 13.6. The van der Waals surface area contributed by atoms with Crippen molar-refractivity contribution in [3.63, 3.8) is 0 Å². The minimum atomic E-state index is 0.841. The van der Waals surface area contributed by atoms with Gasteiger partial charge in [-0.2, -0.15) is 0 Å². The van der Waals surface area contributed by atoms with E-state index in [0.717, 1.165) is 25.3 Å². The normalized spacial score (nSPS) is 11.3. The Morgan fingerprint density at radius 1 is 1.26 bits per heavy atom. The summed E-state index contributed by atoms with van der Waals surface area (Å²) in [6.45, 7) is 5.92. The van der Waals surface area contributed by atoms with E-state index < -0.39 is 0 Å². The molecule has 0 amide bonds. The first-order valence-electron chi connectivity index (χ1n) is 6.73. The number of aromatic nitrogens is 2. The molecule has 19 heavy (non-hydrogen) atoms. The maximum Gasteiger partial charge on any atom is 0.110 e. The summed E-state index contributed by atoms with van der Waals surface area (Å²) in [6.07, 6.45) is 7.27. The molecule has 0 aliphatic carbocycles. The number of allylic oxidation sites excluding steroid dienone is 1. The molecular formula is C16H21N3. The van der Waals surface area contributed by atoms with Gasteiger partial charge in [0, 0.05) is 12.2 Å². The van der Waals surface area contributed by atoms with Crippen LogP contribution in [0.1, 0.15) is 24.9 Å². The minimum Gasteiger partial charge on any atom is -0.311 e. The number of rotatable bonds is 6. The average molecular weight is 255 g/mol. The molecule has 3 nitrogen and oxygen atoms in total. The zero-order chi connectivity index (χ0) is 13.5. The van der Waals surface area contributed by atoms with E-state index >= 15 is 0 Å². The lowest BCUT2D eigenvalue weighted by molar-refractivity contribution is 0.670. The number of imidazole rings is 1. The highest BCUT2D eigenvalue weighted by Crippen LogP contribution is 2.14. The van der Waals surface area contributed by atoms with E-state index in [0.29, 0.717) is 0 Å². The maximum absolute atomic E-state index is 4.42. The fourth-order valence-corrected chi connectivity index (χ4v) is 2.11. The van der Waals surface area contributed by atoms with Gasteiger partial charge in [-0.15, -0.1) is 0 Å². The Hall–Kier alpha value is -1.87. The van der Waals surface area contributed by atoms with Gasteiger partial charge in [0.05, 0.1) is 11.9 Å². The molecule has 2 aromatic rings. The maximum atomic E-state index is 4.42. The summed E-state index contributed by atoms with van der Waals surface area (Å²) in [5.41, 5.74) is 2.37. The van der Waals surface area contributed by atoms with Gasteiger partial charge in [0.15, 0.2) is 0 Å². The lowest BCUT2D eigenvalue weighted by atomic mass is 10.3. The van der Waals surface area contributed by atoms with Crippen LogP contribution in [0.4, 0.5) is 0 Å². The molecule has 0 saturated carbocycles. The van der Waals surface area contributed by atoms with Crippen LogP contribution in [0.25, 0.3) is 5.69 Å². The molecule has 0 aliphatic rings. The highest BCUT2D eigenvalue weighted by Gasteiger charge is 2.07. The Kier molecular flexibility index (Phi) is 4.93. The molecule has 0 atom stereocenters. The summed E-state index contributed by atoms with van der Waals surface area (Å²) in [6, 6.07) is 10.4. The molecule has 0 saturated heterocycles. The molecule has 1 heterocycles. The Morgan fingerprint density at radius 3 is 2.79 bits per heavy atom. The molecule has 1 aromatic heterocycles. The lowest BCUT2D eigenvalue weighted by Crippen LogP contribution is -2.16. The van der Waals surface area contributed by atoms with Crippen LogP contribution in [0.3, 0.4) is 0 Å². The second-order valence-corrected chi connectivity index (χ2v) is 4.50. The van der Waals surface area contributed by atoms with Gasteiger partial charge in [-0.1, -0.05) is 30.4 Å². The van der Waals surface area contributed by atoms with E-state index in [4.69, 9.17) is 0 Å². The highest BCUT2D eigenvalue weighted by atomic mass is 15.1. The number of benzene rings is 1. The molecule has 0 radical (unpaired) electrons. The van der Waals surface area contributed by atoms with E-state index in [1.807, 2.05) is 26.1 Å². The third kappa shape index (κ3) is 3.55. The second-order valence-electron chi connectivity index (χ2n) is 4.50. The second kappa shape index (κ2) is 6.90. The van der Waals surface area contributed by atoms with Crippen molar-refractivity contribution >= 4 is 0 Å². The van der Waals surface area contributed by atoms with Crippen LogP contribution < -0.4 is 5.32 Å². The molecule has 0 unspecified atom stereocenters. The number of aryl methyl sites for hydroxylation is 1. The van der Waals surface area contributed by atoms with Gasteiger partial charge in [-0.3, -0.25) is 4.57 Å². The smallest absolute Gasteiger partial charge is 0.110 e. The molecule has 3 heteroatoms. The van der Waals surface area contributed by atoms with Gasteiger partial charge in [-0.05, 0) is 38.9 Å². The first-order chi connectivity index (χ1) is 9.33. The van der Waals surface area contributed by atoms with Crippen molar-refractivity contribution in [1.82, 2.24) is 14.9 Å². The Labute approximate surface area is 115 Å². The predicted molar refractivity (Wildman–Crippen MR) is 79.4 cm³/mol. The fraction of sp³-hybridized carbons (Fsp3) is 0.312. The summed E-state index contributed by atoms with van der Waals surface area (Å²) in [5.74, 6) is 1.02. The van der Waals surface area contributed by atoms with Gasteiger partial charge < -0.3 is 5.32 Å². The Morgan fingerprint density at radius 2 is 2.05 bits per heavy atom. The van der Waals surface area contributed by atoms with Crippen molar-refractivity contribution in [2.24, 2.45) is 0 Å². The molecule has 0 bridgehead atoms. The van der Waals surface area contributed by atoms with E-state index in [1.54, 1.807) is 0 Å². The van der Waals surface area contributed by atoms with Crippen LogP contribution in [0.2, 0.25) is 0 Å². The van der Waals surface area contributed by atoms with Gasteiger partial charge in [0.2, 0.25) is 0 Å². The molecule has 1 aromatic carbocycles. The highest BCUT2D eigenvalue weighted by molar-refractivity contribution is 5.35. The number of para-hydroxylation sites is 1. The summed E-state index contributed by atoms with van der Waals surface area (Å²) in [4.78, 5) is 4.42. The zero-order valence-corrected chi connectivity index (χ0v) is 11.6. The van der Waals surface area contributed by atoms with Crippen LogP contribution in [-0.4, -0.2) is 16.1 Å². The zero-order valence-electron chi connectivity index (χ0n) is 11.6. The molecule has 100 valence electrons. The van der Waals surface area contributed by atoms with Crippen LogP contribution in [0, 0.1) is 6.92 Å². The van der Waals surface area contributed by atoms with Crippen LogP contribution in [-0.2, 0) is 6.54 Å². The number of hydrogen-bond donors (Lipinski definition) is 1. The number of nitrogens with one attached hydrogen (secondary N) is 1. The summed E-state index contributed by atoms with van der Waals surface area (Å²) in [5, 5.41) is 3.45. The van der Waals surface area contributed by atoms with Gasteiger partial charge in [-0.25, -0.2) is 4.98 Å². The van der Waals surface area contributed by atoms with Crippen molar-refractivity contribution in [1.29, 1.82) is 0 Å². The van der Waals surface area contributed by atoms with Crippen LogP contribution in [0.5, 0.6) is 0 Å². The van der Waals surface area contributed by atoms with Crippen molar-refractivity contribution in [3.8, 4) is 5.69 Å². The molecule has 1 N–H and O–H groups in total. The molecule has 0 fully saturated rings. The van der Waals surface area contributed by atoms with E-state index in [-0.39, 0.29) is 0 Å². The van der Waals surface area contributed by atoms with Crippen LogP contribution >= 0.6 is 0 Å². The number of nitrogens with zero attached hydrogens (tertiary/aromatic N) is 2. The third-order valence-electron chi connectivity index (χ3n) is 3.06. The predicted octanol–water partition coefficient (Wildman–Crippen LogP) is 3.24. The summed E-state index contributed by atoms with van der Waals surface area (Å²) in [7, 11) is 0. The molecule has 0 aliphatic heterocycles. The largest absolute Gasteiger partial charge is 0.311 e. The first-order valence-corrected chi connectivity index (χ1v) is 6.73. The fourth-order valence-electron chi connectivity index (χ4n) is 2.11. The minimum absolute atomic E-state index is 0.841. The van der Waals surface area contributed by atoms with Gasteiger partial charge in [0.1, 0.15) is 5.82 Å². The number of hydrogen-bond acceptors (Lipinski definition) is 2. The van der Waals surface area contributed by atoms with Crippen molar-refractivity contribution in [3.05, 3.63) is 60.2 Å². The van der Waals surface area contributed by atoms with Gasteiger partial charge in [0.25, 0.3) is 0 Å². The molecular weight excluding hydrogens is 234 g/mol. The average Bonchev–Trinajstić information content (AvgIpc) is 2.81. The Balaban J connectivity index is 2.06. The van der Waals surface area contributed by atoms with Crippen molar-refractivity contribution in [2.45, 2.75) is 26.8 Å². The Bertz CT molecular complexity index is 526. The van der Waals surface area contributed by atoms with E-state index in [1.165, 1.54) is 11.4 Å². The third-order valence-corrected chi connectivity index (χ3v) is 3.06.